The van der Waals surface area contributed by atoms with Crippen LogP contribution in [-0.2, 0) is 9.47 Å². The van der Waals surface area contributed by atoms with Crippen molar-refractivity contribution >= 4 is 22.8 Å². The number of aliphatic imine (C=N–C) groups is 1. The molecule has 0 amide bonds. The molecule has 3 aliphatic rings. The van der Waals surface area contributed by atoms with E-state index in [4.69, 9.17) is 14.5 Å². The average molecular weight is 256 g/mol. The van der Waals surface area contributed by atoms with Crippen molar-refractivity contribution < 1.29 is 14.0 Å². The fraction of sp³-hybridized carbons (Fsp3) is 0.818. The van der Waals surface area contributed by atoms with Crippen LogP contribution in [0, 0.1) is 0 Å². The van der Waals surface area contributed by atoms with Crippen LogP contribution >= 0.6 is 11.8 Å². The summed E-state index contributed by atoms with van der Waals surface area (Å²) in [5.74, 6) is 2.23. The van der Waals surface area contributed by atoms with Gasteiger partial charge in [-0.05, 0) is 16.8 Å². The van der Waals surface area contributed by atoms with Gasteiger partial charge in [0.15, 0.2) is 0 Å². The minimum absolute atomic E-state index is 0.826. The van der Waals surface area contributed by atoms with Gasteiger partial charge in [0.1, 0.15) is 13.1 Å². The van der Waals surface area contributed by atoms with E-state index in [-0.39, 0.29) is 0 Å². The standard InChI is InChI=1S/C11H18N3O2S/c1-5-15-6-2-13(1)10-9-17-11(12-10)14-3-7-16-8-4-14/h1-9H2/q+1. The molecule has 0 spiro atoms. The molecule has 94 valence electrons. The molecule has 0 unspecified atom stereocenters. The van der Waals surface area contributed by atoms with E-state index in [1.807, 2.05) is 11.8 Å². The summed E-state index contributed by atoms with van der Waals surface area (Å²) in [6.07, 6.45) is 0. The highest BCUT2D eigenvalue weighted by molar-refractivity contribution is 8.14. The quantitative estimate of drug-likeness (QED) is 0.566. The predicted molar refractivity (Wildman–Crippen MR) is 68.1 cm³/mol. The van der Waals surface area contributed by atoms with Crippen molar-refractivity contribution in [1.29, 1.82) is 0 Å². The minimum Gasteiger partial charge on any atom is -0.378 e. The highest BCUT2D eigenvalue weighted by Gasteiger charge is 2.30. The molecule has 3 rings (SSSR count). The molecule has 0 aliphatic carbocycles. The summed E-state index contributed by atoms with van der Waals surface area (Å²) in [7, 11) is 0. The van der Waals surface area contributed by atoms with E-state index in [0.717, 1.165) is 58.4 Å². The summed E-state index contributed by atoms with van der Waals surface area (Å²) in [5.41, 5.74) is 0. The van der Waals surface area contributed by atoms with Crippen LogP contribution in [0.25, 0.3) is 0 Å². The summed E-state index contributed by atoms with van der Waals surface area (Å²) >= 11 is 1.85. The first-order valence-corrected chi connectivity index (χ1v) is 7.15. The van der Waals surface area contributed by atoms with E-state index in [0.29, 0.717) is 0 Å². The number of thioether (sulfide) groups is 1. The first-order chi connectivity index (χ1) is 8.43. The molecular weight excluding hydrogens is 238 g/mol. The Hall–Kier alpha value is -0.590. The number of hydrogen-bond acceptors (Lipinski definition) is 4. The van der Waals surface area contributed by atoms with Crippen LogP contribution in [0.3, 0.4) is 0 Å². The van der Waals surface area contributed by atoms with Gasteiger partial charge in [-0.3, -0.25) is 0 Å². The molecule has 0 aromatic heterocycles. The number of amidine groups is 2. The van der Waals surface area contributed by atoms with E-state index in [1.54, 1.807) is 0 Å². The Morgan fingerprint density at radius 3 is 2.53 bits per heavy atom. The van der Waals surface area contributed by atoms with Crippen LogP contribution in [0.2, 0.25) is 0 Å². The third-order valence-electron chi connectivity index (χ3n) is 3.21. The second kappa shape index (κ2) is 5.37. The number of hydrogen-bond donors (Lipinski definition) is 0. The van der Waals surface area contributed by atoms with Gasteiger partial charge in [-0.25, -0.2) is 4.58 Å². The Kier molecular flexibility index (Phi) is 3.63. The van der Waals surface area contributed by atoms with Crippen LogP contribution in [-0.4, -0.2) is 78.8 Å². The number of nitrogens with zero attached hydrogens (tertiary/aromatic N) is 3. The summed E-state index contributed by atoms with van der Waals surface area (Å²) in [6.45, 7) is 7.22. The molecule has 17 heavy (non-hydrogen) atoms. The highest BCUT2D eigenvalue weighted by Crippen LogP contribution is 2.18. The largest absolute Gasteiger partial charge is 0.378 e. The maximum Gasteiger partial charge on any atom is 0.357 e. The van der Waals surface area contributed by atoms with Gasteiger partial charge in [-0.1, -0.05) is 0 Å². The van der Waals surface area contributed by atoms with Crippen molar-refractivity contribution in [1.82, 2.24) is 4.90 Å². The van der Waals surface area contributed by atoms with Crippen LogP contribution < -0.4 is 0 Å². The maximum absolute atomic E-state index is 5.37. The summed E-state index contributed by atoms with van der Waals surface area (Å²) < 4.78 is 13.1. The van der Waals surface area contributed by atoms with Crippen molar-refractivity contribution in [3.05, 3.63) is 0 Å². The summed E-state index contributed by atoms with van der Waals surface area (Å²) in [5, 5.41) is 1.18. The lowest BCUT2D eigenvalue weighted by molar-refractivity contribution is -0.547. The summed E-state index contributed by atoms with van der Waals surface area (Å²) in [4.78, 5) is 7.12. The normalized spacial score (nSPS) is 26.4. The SMILES string of the molecule is C1CN(C2=NC(=[N+]3CCOCC3)SC2)CCO1. The Morgan fingerprint density at radius 2 is 1.76 bits per heavy atom. The molecule has 2 saturated heterocycles. The molecule has 6 heteroatoms. The molecule has 0 radical (unpaired) electrons. The van der Waals surface area contributed by atoms with Crippen molar-refractivity contribution in [2.24, 2.45) is 4.99 Å². The fourth-order valence-electron chi connectivity index (χ4n) is 2.20. The Labute approximate surface area is 105 Å². The van der Waals surface area contributed by atoms with Gasteiger partial charge in [0.05, 0.1) is 32.2 Å². The molecule has 2 fully saturated rings. The van der Waals surface area contributed by atoms with Gasteiger partial charge < -0.3 is 14.4 Å². The van der Waals surface area contributed by atoms with Gasteiger partial charge in [0, 0.05) is 13.1 Å². The molecule has 3 heterocycles. The van der Waals surface area contributed by atoms with Crippen molar-refractivity contribution in [2.75, 3.05) is 58.4 Å². The Bertz CT molecular complexity index is 343. The molecule has 0 N–H and O–H groups in total. The lowest BCUT2D eigenvalue weighted by Gasteiger charge is -2.25. The van der Waals surface area contributed by atoms with Crippen LogP contribution in [0.15, 0.2) is 4.99 Å². The highest BCUT2D eigenvalue weighted by atomic mass is 32.2. The average Bonchev–Trinajstić information content (AvgIpc) is 2.90. The maximum atomic E-state index is 5.37. The van der Waals surface area contributed by atoms with Crippen molar-refractivity contribution in [3.63, 3.8) is 0 Å². The number of ether oxygens (including phenoxy) is 2. The van der Waals surface area contributed by atoms with E-state index in [9.17, 15) is 0 Å². The molecule has 5 nitrogen and oxygen atoms in total. The van der Waals surface area contributed by atoms with E-state index >= 15 is 0 Å². The Balaban J connectivity index is 1.70. The minimum atomic E-state index is 0.826. The van der Waals surface area contributed by atoms with E-state index < -0.39 is 0 Å². The van der Waals surface area contributed by atoms with Crippen molar-refractivity contribution in [2.45, 2.75) is 0 Å². The molecule has 3 aliphatic heterocycles. The second-order valence-electron chi connectivity index (χ2n) is 4.30. The van der Waals surface area contributed by atoms with E-state index in [1.165, 1.54) is 11.0 Å². The first kappa shape index (κ1) is 11.5. The lowest BCUT2D eigenvalue weighted by atomic mass is 10.4. The molecule has 0 atom stereocenters. The third kappa shape index (κ3) is 2.64. The van der Waals surface area contributed by atoms with Crippen LogP contribution in [0.4, 0.5) is 0 Å². The van der Waals surface area contributed by atoms with Crippen LogP contribution in [0.5, 0.6) is 0 Å². The number of rotatable bonds is 0. The second-order valence-corrected chi connectivity index (χ2v) is 5.24. The number of morpholine rings is 2. The van der Waals surface area contributed by atoms with Gasteiger partial charge in [0.2, 0.25) is 5.84 Å². The topological polar surface area (TPSA) is 37.1 Å². The zero-order valence-corrected chi connectivity index (χ0v) is 10.7. The Morgan fingerprint density at radius 1 is 1.06 bits per heavy atom. The van der Waals surface area contributed by atoms with Gasteiger partial charge in [-0.15, -0.1) is 0 Å². The van der Waals surface area contributed by atoms with E-state index in [2.05, 4.69) is 9.48 Å². The van der Waals surface area contributed by atoms with Gasteiger partial charge in [-0.2, -0.15) is 0 Å². The smallest absolute Gasteiger partial charge is 0.357 e. The lowest BCUT2D eigenvalue weighted by Crippen LogP contribution is -2.41. The zero-order valence-electron chi connectivity index (χ0n) is 9.93. The van der Waals surface area contributed by atoms with Crippen molar-refractivity contribution in [3.8, 4) is 0 Å². The summed E-state index contributed by atoms with van der Waals surface area (Å²) in [6, 6.07) is 0. The van der Waals surface area contributed by atoms with Gasteiger partial charge >= 0.3 is 5.17 Å². The molecule has 0 aromatic rings. The van der Waals surface area contributed by atoms with Gasteiger partial charge in [0.25, 0.3) is 0 Å². The zero-order chi connectivity index (χ0) is 11.5. The molecule has 0 saturated carbocycles. The predicted octanol–water partition coefficient (Wildman–Crippen LogP) is -0.137. The third-order valence-corrected chi connectivity index (χ3v) is 4.22. The first-order valence-electron chi connectivity index (χ1n) is 6.16. The van der Waals surface area contributed by atoms with Crippen LogP contribution in [0.1, 0.15) is 0 Å². The fourth-order valence-corrected chi connectivity index (χ4v) is 3.24. The molecule has 0 aromatic carbocycles. The monoisotopic (exact) mass is 256 g/mol. The molecular formula is C11H18N3O2S+. The molecule has 0 bridgehead atoms.